The molecular formula is C39H65NO16. The van der Waals surface area contributed by atoms with Gasteiger partial charge < -0.3 is 43.2 Å². The lowest BCUT2D eigenvalue weighted by Gasteiger charge is -2.15. The van der Waals surface area contributed by atoms with E-state index in [-0.39, 0.29) is 97.4 Å². The van der Waals surface area contributed by atoms with Crippen LogP contribution in [0, 0.1) is 11.8 Å². The van der Waals surface area contributed by atoms with Gasteiger partial charge in [0.05, 0.1) is 52.1 Å². The van der Waals surface area contributed by atoms with E-state index in [2.05, 4.69) is 27.9 Å². The zero-order chi connectivity index (χ0) is 40.7. The minimum Gasteiger partial charge on any atom is -0.469 e. The molecule has 0 aromatic heterocycles. The molecule has 0 aromatic carbocycles. The standard InChI is InChI=1S/C37H57NO16.2CH4/c1-26(2)33(42)50-20-22-52-35(44)28(24-31(40)47-5)14-8-7-9-16-30(39)49-18-12-13-19-54-37(46)38-17-11-10-15-29(25-32(41)48-6)36(45)53-23-21-51-34(43)27(3)4;;/h28-29H,1,3,7-25H2,2,4-6H3,(H,38,46);2*1H4. The number of nitrogens with one attached hydrogen (secondary N) is 1. The predicted octanol–water partition coefficient (Wildman–Crippen LogP) is 5.11. The van der Waals surface area contributed by atoms with Gasteiger partial charge in [0.15, 0.2) is 0 Å². The van der Waals surface area contributed by atoms with Crippen molar-refractivity contribution in [3.63, 3.8) is 0 Å². The van der Waals surface area contributed by atoms with Crippen LogP contribution in [0.3, 0.4) is 0 Å². The number of hydrogen-bond acceptors (Lipinski definition) is 16. The largest absolute Gasteiger partial charge is 0.469 e. The highest BCUT2D eigenvalue weighted by Crippen LogP contribution is 2.18. The summed E-state index contributed by atoms with van der Waals surface area (Å²) in [5, 5.41) is 2.61. The number of ether oxygens (including phenoxy) is 8. The smallest absolute Gasteiger partial charge is 0.407 e. The molecule has 17 nitrogen and oxygen atoms in total. The lowest BCUT2D eigenvalue weighted by Crippen LogP contribution is -2.26. The van der Waals surface area contributed by atoms with Crippen LogP contribution in [0.25, 0.3) is 0 Å². The molecule has 322 valence electrons. The molecule has 17 heteroatoms. The number of methoxy groups -OCH3 is 2. The molecule has 1 amide bonds. The number of carbonyl (C=O) groups is 8. The normalized spacial score (nSPS) is 11.1. The molecule has 0 aliphatic heterocycles. The van der Waals surface area contributed by atoms with Gasteiger partial charge >= 0.3 is 47.9 Å². The van der Waals surface area contributed by atoms with E-state index in [0.29, 0.717) is 57.8 Å². The van der Waals surface area contributed by atoms with Gasteiger partial charge in [0, 0.05) is 24.1 Å². The molecule has 0 aromatic rings. The summed E-state index contributed by atoms with van der Waals surface area (Å²) >= 11 is 0. The quantitative estimate of drug-likeness (QED) is 0.0431. The molecule has 0 fully saturated rings. The van der Waals surface area contributed by atoms with E-state index >= 15 is 0 Å². The highest BCUT2D eigenvalue weighted by molar-refractivity contribution is 5.87. The second kappa shape index (κ2) is 34.5. The van der Waals surface area contributed by atoms with Crippen molar-refractivity contribution in [2.45, 2.75) is 106 Å². The summed E-state index contributed by atoms with van der Waals surface area (Å²) in [6.45, 7) is 9.85. The zero-order valence-electron chi connectivity index (χ0n) is 32.0. The van der Waals surface area contributed by atoms with Crippen LogP contribution in [0.2, 0.25) is 0 Å². The Morgan fingerprint density at radius 3 is 1.38 bits per heavy atom. The van der Waals surface area contributed by atoms with Gasteiger partial charge in [-0.05, 0) is 52.4 Å². The van der Waals surface area contributed by atoms with Gasteiger partial charge in [-0.15, -0.1) is 0 Å². The number of unbranched alkanes of at least 4 members (excludes halogenated alkanes) is 4. The van der Waals surface area contributed by atoms with E-state index in [1.54, 1.807) is 0 Å². The average Bonchev–Trinajstić information content (AvgIpc) is 3.14. The van der Waals surface area contributed by atoms with E-state index in [1.165, 1.54) is 28.1 Å². The van der Waals surface area contributed by atoms with E-state index in [9.17, 15) is 38.4 Å². The Morgan fingerprint density at radius 1 is 0.500 bits per heavy atom. The first kappa shape index (κ1) is 55.4. The minimum atomic E-state index is -0.759. The van der Waals surface area contributed by atoms with Crippen LogP contribution >= 0.6 is 0 Å². The third-order valence-electron chi connectivity index (χ3n) is 7.48. The second-order valence-electron chi connectivity index (χ2n) is 12.2. The molecule has 0 saturated heterocycles. The van der Waals surface area contributed by atoms with Crippen molar-refractivity contribution >= 4 is 47.9 Å². The molecule has 2 unspecified atom stereocenters. The Bertz CT molecular complexity index is 1150. The summed E-state index contributed by atoms with van der Waals surface area (Å²) in [6.07, 6.45) is 3.51. The highest BCUT2D eigenvalue weighted by atomic mass is 16.6. The van der Waals surface area contributed by atoms with Gasteiger partial charge in [0.25, 0.3) is 0 Å². The summed E-state index contributed by atoms with van der Waals surface area (Å²) in [4.78, 5) is 95.2. The van der Waals surface area contributed by atoms with Gasteiger partial charge in [-0.2, -0.15) is 0 Å². The summed E-state index contributed by atoms with van der Waals surface area (Å²) in [5.74, 6) is -5.43. The third kappa shape index (κ3) is 29.4. The average molecular weight is 804 g/mol. The van der Waals surface area contributed by atoms with Crippen molar-refractivity contribution in [2.24, 2.45) is 11.8 Å². The molecule has 0 heterocycles. The number of alkyl carbamates (subject to hydrolysis) is 1. The van der Waals surface area contributed by atoms with Crippen molar-refractivity contribution in [3.8, 4) is 0 Å². The van der Waals surface area contributed by atoms with Crippen LogP contribution in [0.15, 0.2) is 24.3 Å². The molecule has 0 radical (unpaired) electrons. The lowest BCUT2D eigenvalue weighted by atomic mass is 9.97. The molecule has 0 aliphatic rings. The maximum atomic E-state index is 12.4. The lowest BCUT2D eigenvalue weighted by molar-refractivity contribution is -0.157. The first-order valence-electron chi connectivity index (χ1n) is 17.9. The fourth-order valence-electron chi connectivity index (χ4n) is 4.43. The molecular weight excluding hydrogens is 738 g/mol. The monoisotopic (exact) mass is 803 g/mol. The Hall–Kier alpha value is -4.96. The van der Waals surface area contributed by atoms with Crippen LogP contribution < -0.4 is 5.32 Å². The fraction of sp³-hybridized carbons (Fsp3) is 0.692. The number of esters is 7. The van der Waals surface area contributed by atoms with Gasteiger partial charge in [-0.1, -0.05) is 47.3 Å². The molecule has 2 atom stereocenters. The Labute approximate surface area is 331 Å². The van der Waals surface area contributed by atoms with Crippen molar-refractivity contribution in [1.29, 1.82) is 0 Å². The second-order valence-corrected chi connectivity index (χ2v) is 12.2. The molecule has 0 aliphatic carbocycles. The van der Waals surface area contributed by atoms with Crippen molar-refractivity contribution in [2.75, 3.05) is 60.4 Å². The van der Waals surface area contributed by atoms with Crippen molar-refractivity contribution in [1.82, 2.24) is 5.32 Å². The highest BCUT2D eigenvalue weighted by Gasteiger charge is 2.25. The molecule has 0 rings (SSSR count). The first-order chi connectivity index (χ1) is 25.7. The number of hydrogen-bond donors (Lipinski definition) is 1. The molecule has 56 heavy (non-hydrogen) atoms. The SMILES string of the molecule is C.C.C=C(C)C(=O)OCCOC(=O)C(CCCCCC(=O)OCCCCOC(=O)NCCCCC(CC(=O)OC)C(=O)OCCOC(=O)C(=C)C)CC(=O)OC. The maximum absolute atomic E-state index is 12.4. The van der Waals surface area contributed by atoms with Gasteiger partial charge in [-0.3, -0.25) is 24.0 Å². The fourth-order valence-corrected chi connectivity index (χ4v) is 4.43. The van der Waals surface area contributed by atoms with Gasteiger partial charge in [0.1, 0.15) is 26.4 Å². The summed E-state index contributed by atoms with van der Waals surface area (Å²) in [5.41, 5.74) is 0.436. The summed E-state index contributed by atoms with van der Waals surface area (Å²) in [6, 6.07) is 0. The molecule has 0 spiro atoms. The van der Waals surface area contributed by atoms with Crippen LogP contribution in [-0.2, 0) is 71.5 Å². The Balaban J connectivity index is -0.0000140. The van der Waals surface area contributed by atoms with Crippen LogP contribution in [0.5, 0.6) is 0 Å². The number of amides is 1. The third-order valence-corrected chi connectivity index (χ3v) is 7.48. The van der Waals surface area contributed by atoms with E-state index in [0.717, 1.165) is 0 Å². The minimum absolute atomic E-state index is 0. The maximum Gasteiger partial charge on any atom is 0.407 e. The van der Waals surface area contributed by atoms with Gasteiger partial charge in [0.2, 0.25) is 0 Å². The molecule has 0 bridgehead atoms. The summed E-state index contributed by atoms with van der Waals surface area (Å²) in [7, 11) is 2.44. The van der Waals surface area contributed by atoms with E-state index < -0.39 is 53.7 Å². The van der Waals surface area contributed by atoms with E-state index in [4.69, 9.17) is 28.4 Å². The number of rotatable bonds is 30. The molecule has 1 N–H and O–H groups in total. The van der Waals surface area contributed by atoms with Crippen molar-refractivity contribution in [3.05, 3.63) is 24.3 Å². The van der Waals surface area contributed by atoms with E-state index in [1.807, 2.05) is 0 Å². The Morgan fingerprint density at radius 2 is 0.929 bits per heavy atom. The molecule has 0 saturated carbocycles. The topological polar surface area (TPSA) is 222 Å². The first-order valence-corrected chi connectivity index (χ1v) is 17.9. The van der Waals surface area contributed by atoms with Crippen LogP contribution in [0.1, 0.15) is 106 Å². The Kier molecular flexibility index (Phi) is 34.1. The number of carbonyl (C=O) groups excluding carboxylic acids is 8. The van der Waals surface area contributed by atoms with Crippen LogP contribution in [-0.4, -0.2) is 108 Å². The van der Waals surface area contributed by atoms with Gasteiger partial charge in [-0.25, -0.2) is 14.4 Å². The van der Waals surface area contributed by atoms with Crippen molar-refractivity contribution < 1.29 is 76.3 Å². The predicted molar refractivity (Wildman–Crippen MR) is 204 cm³/mol. The summed E-state index contributed by atoms with van der Waals surface area (Å²) < 4.78 is 39.7. The zero-order valence-corrected chi connectivity index (χ0v) is 32.0. The van der Waals surface area contributed by atoms with Crippen LogP contribution in [0.4, 0.5) is 4.79 Å².